The Balaban J connectivity index is 0.000000263. The normalized spacial score (nSPS) is 10.3. The standard InChI is InChI=1S/4C19H20O4.Th/c4*20-18(21)12-16-8-4-14(5-9-16)2-1-3-15-6-10-17(11-7-15)13-19(22)23;/h4*4-11H,1-3,12-13H2,(H,20,21)(H,22,23);/q;;;;+4/p-4. The van der Waals surface area contributed by atoms with E-state index in [1.807, 2.05) is 194 Å². The van der Waals surface area contributed by atoms with E-state index in [0.717, 1.165) is 122 Å². The van der Waals surface area contributed by atoms with Gasteiger partial charge in [0.05, 0.1) is 25.7 Å². The molecule has 16 nitrogen and oxygen atoms in total. The number of rotatable bonds is 32. The van der Waals surface area contributed by atoms with Gasteiger partial charge in [0.25, 0.3) is 0 Å². The monoisotopic (exact) mass is 1480 g/mol. The fourth-order valence-electron chi connectivity index (χ4n) is 9.94. The van der Waals surface area contributed by atoms with Crippen LogP contribution in [0.4, 0.5) is 0 Å². The van der Waals surface area contributed by atoms with Gasteiger partial charge < -0.3 is 60.0 Å². The maximum atomic E-state index is 10.6. The maximum Gasteiger partial charge on any atom is 4.00 e. The Morgan fingerprint density at radius 2 is 0.290 bits per heavy atom. The average molecular weight is 1480 g/mol. The van der Waals surface area contributed by atoms with Crippen LogP contribution in [0.2, 0.25) is 0 Å². The molecule has 0 saturated heterocycles. The van der Waals surface area contributed by atoms with E-state index < -0.39 is 47.8 Å². The molecule has 8 rings (SSSR count). The van der Waals surface area contributed by atoms with E-state index in [2.05, 4.69) is 0 Å². The Morgan fingerprint density at radius 3 is 0.387 bits per heavy atom. The molecule has 0 aliphatic rings. The first-order valence-electron chi connectivity index (χ1n) is 30.4. The van der Waals surface area contributed by atoms with Crippen molar-refractivity contribution < 1.29 is 119 Å². The molecule has 0 saturated carbocycles. The second-order valence-corrected chi connectivity index (χ2v) is 22.4. The van der Waals surface area contributed by atoms with Crippen molar-refractivity contribution in [1.82, 2.24) is 0 Å². The van der Waals surface area contributed by atoms with Crippen molar-refractivity contribution in [3.05, 3.63) is 283 Å². The summed E-state index contributed by atoms with van der Waals surface area (Å²) < 4.78 is 0. The summed E-state index contributed by atoms with van der Waals surface area (Å²) in [7, 11) is 0. The molecule has 17 heteroatoms. The van der Waals surface area contributed by atoms with Crippen LogP contribution in [-0.2, 0) is 141 Å². The van der Waals surface area contributed by atoms with Gasteiger partial charge >= 0.3 is 63.8 Å². The molecule has 4 N–H and O–H groups in total. The molecule has 93 heavy (non-hydrogen) atoms. The van der Waals surface area contributed by atoms with Crippen LogP contribution in [0.15, 0.2) is 194 Å². The second-order valence-electron chi connectivity index (χ2n) is 22.4. The van der Waals surface area contributed by atoms with E-state index in [-0.39, 0.29) is 91.3 Å². The van der Waals surface area contributed by atoms with Crippen LogP contribution in [0, 0.1) is 39.9 Å². The van der Waals surface area contributed by atoms with Gasteiger partial charge in [0, 0.05) is 49.6 Å². The summed E-state index contributed by atoms with van der Waals surface area (Å²) in [6.45, 7) is 0. The molecule has 0 atom stereocenters. The molecule has 0 spiro atoms. The molecule has 0 amide bonds. The van der Waals surface area contributed by atoms with Gasteiger partial charge in [-0.15, -0.1) is 0 Å². The van der Waals surface area contributed by atoms with Crippen molar-refractivity contribution in [3.8, 4) is 0 Å². The Kier molecular flexibility index (Phi) is 34.5. The van der Waals surface area contributed by atoms with Gasteiger partial charge in [0.2, 0.25) is 0 Å². The molecule has 480 valence electrons. The molecular weight excluding hydrogens is 1400 g/mol. The van der Waals surface area contributed by atoms with Crippen LogP contribution >= 0.6 is 0 Å². The van der Waals surface area contributed by atoms with Crippen molar-refractivity contribution in [2.75, 3.05) is 0 Å². The predicted molar refractivity (Wildman–Crippen MR) is 340 cm³/mol. The number of carboxylic acids is 8. The van der Waals surface area contributed by atoms with E-state index in [1.165, 1.54) is 44.5 Å². The number of hydrogen-bond acceptors (Lipinski definition) is 12. The van der Waals surface area contributed by atoms with Crippen LogP contribution in [0.1, 0.15) is 115 Å². The number of aliphatic carboxylic acids is 8. The minimum absolute atomic E-state index is 0. The van der Waals surface area contributed by atoms with Crippen LogP contribution in [0.5, 0.6) is 0 Å². The van der Waals surface area contributed by atoms with Gasteiger partial charge in [-0.1, -0.05) is 194 Å². The number of hydrogen-bond donors (Lipinski definition) is 4. The van der Waals surface area contributed by atoms with Crippen molar-refractivity contribution in [2.45, 2.75) is 128 Å². The molecule has 0 aliphatic carbocycles. The van der Waals surface area contributed by atoms with Crippen molar-refractivity contribution in [2.24, 2.45) is 0 Å². The first kappa shape index (κ1) is 76.3. The summed E-state index contributed by atoms with van der Waals surface area (Å²) in [5.74, 6) is -7.54. The van der Waals surface area contributed by atoms with Gasteiger partial charge in [-0.3, -0.25) is 19.2 Å². The molecule has 0 unspecified atom stereocenters. The number of carbonyl (C=O) groups is 8. The number of carboxylic acid groups (broad SMARTS) is 8. The van der Waals surface area contributed by atoms with E-state index in [9.17, 15) is 58.8 Å². The molecule has 8 aromatic rings. The summed E-state index contributed by atoms with van der Waals surface area (Å²) in [6, 6.07) is 60.9. The van der Waals surface area contributed by atoms with Crippen LogP contribution < -0.4 is 20.4 Å². The van der Waals surface area contributed by atoms with Gasteiger partial charge in [-0.2, -0.15) is 0 Å². The quantitative estimate of drug-likeness (QED) is 0.0326. The summed E-state index contributed by atoms with van der Waals surface area (Å²) in [5.41, 5.74) is 15.7. The van der Waals surface area contributed by atoms with Crippen molar-refractivity contribution in [3.63, 3.8) is 0 Å². The van der Waals surface area contributed by atoms with Gasteiger partial charge in [-0.05, 0) is 166 Å². The Hall–Kier alpha value is -9.16. The van der Waals surface area contributed by atoms with E-state index in [4.69, 9.17) is 20.4 Å². The largest absolute Gasteiger partial charge is 4.00 e. The molecule has 0 aromatic heterocycles. The number of carbonyl (C=O) groups excluding carboxylic acids is 4. The molecule has 0 bridgehead atoms. The number of aryl methyl sites for hydroxylation is 8. The summed E-state index contributed by atoms with van der Waals surface area (Å²) in [6.07, 6.45) is 11.3. The average Bonchev–Trinajstić information content (AvgIpc) is 2.66. The molecule has 0 heterocycles. The molecule has 0 fully saturated rings. The molecule has 0 radical (unpaired) electrons. The summed E-state index contributed by atoms with van der Waals surface area (Å²) in [5, 5.41) is 77.0. The van der Waals surface area contributed by atoms with Gasteiger partial charge in [0.1, 0.15) is 0 Å². The Morgan fingerprint density at radius 1 is 0.194 bits per heavy atom. The second kappa shape index (κ2) is 42.1. The fourth-order valence-corrected chi connectivity index (χ4v) is 9.94. The smallest absolute Gasteiger partial charge is 0.550 e. The van der Waals surface area contributed by atoms with Crippen LogP contribution in [0.3, 0.4) is 0 Å². The number of benzene rings is 8. The summed E-state index contributed by atoms with van der Waals surface area (Å²) >= 11 is 0. The zero-order chi connectivity index (χ0) is 66.6. The zero-order valence-electron chi connectivity index (χ0n) is 51.8. The molecule has 0 aliphatic heterocycles. The first-order valence-corrected chi connectivity index (χ1v) is 30.4. The minimum atomic E-state index is -1.07. The van der Waals surface area contributed by atoms with E-state index >= 15 is 0 Å². The fraction of sp³-hybridized carbons (Fsp3) is 0.263. The van der Waals surface area contributed by atoms with E-state index in [0.29, 0.717) is 0 Å². The van der Waals surface area contributed by atoms with Gasteiger partial charge in [0.15, 0.2) is 0 Å². The Bertz CT molecular complexity index is 2880. The third kappa shape index (κ3) is 33.7. The third-order valence-corrected chi connectivity index (χ3v) is 14.7. The zero-order valence-corrected chi connectivity index (χ0v) is 55.9. The molecular formula is C76H76O16Th. The molecule has 8 aromatic carbocycles. The predicted octanol–water partition coefficient (Wildman–Crippen LogP) is 7.13. The van der Waals surface area contributed by atoms with E-state index in [1.54, 1.807) is 0 Å². The Labute approximate surface area is 574 Å². The summed E-state index contributed by atoms with van der Waals surface area (Å²) in [4.78, 5) is 84.6. The van der Waals surface area contributed by atoms with Crippen molar-refractivity contribution in [1.29, 1.82) is 0 Å². The third-order valence-electron chi connectivity index (χ3n) is 14.7. The maximum absolute atomic E-state index is 10.6. The van der Waals surface area contributed by atoms with Crippen LogP contribution in [0.25, 0.3) is 0 Å². The van der Waals surface area contributed by atoms with Crippen LogP contribution in [-0.4, -0.2) is 68.2 Å². The minimum Gasteiger partial charge on any atom is -0.550 e. The topological polar surface area (TPSA) is 310 Å². The van der Waals surface area contributed by atoms with Crippen molar-refractivity contribution >= 4 is 47.8 Å². The van der Waals surface area contributed by atoms with Gasteiger partial charge in [-0.25, -0.2) is 0 Å². The SMILES string of the molecule is O=C([O-])Cc1ccc(CCCc2ccc(CC(=O)O)cc2)cc1.O=C([O-])Cc1ccc(CCCc2ccc(CC(=O)O)cc2)cc1.O=C([O-])Cc1ccc(CCCc2ccc(CC(=O)O)cc2)cc1.O=C([O-])Cc1ccc(CCCc2ccc(CC(=O)O)cc2)cc1.[Th+4]. The first-order chi connectivity index (χ1) is 44.1.